The minimum Gasteiger partial charge on any atom is -0.369 e. The number of hydrogen-bond donors (Lipinski definition) is 0. The van der Waals surface area contributed by atoms with E-state index in [1.165, 1.54) is 0 Å². The lowest BCUT2D eigenvalue weighted by Crippen LogP contribution is -2.46. The van der Waals surface area contributed by atoms with Gasteiger partial charge >= 0.3 is 0 Å². The fourth-order valence-electron chi connectivity index (χ4n) is 3.48. The largest absolute Gasteiger partial charge is 0.369 e. The van der Waals surface area contributed by atoms with Gasteiger partial charge in [0.05, 0.1) is 17.6 Å². The van der Waals surface area contributed by atoms with Crippen LogP contribution in [0.4, 0.5) is 5.82 Å². The molecule has 1 aliphatic carbocycles. The quantitative estimate of drug-likeness (QED) is 0.830. The summed E-state index contributed by atoms with van der Waals surface area (Å²) in [7, 11) is 0.639. The number of hydrogen-bond acceptors (Lipinski definition) is 5. The molecule has 7 heteroatoms. The molecule has 0 unspecified atom stereocenters. The summed E-state index contributed by atoms with van der Waals surface area (Å²) in [5, 5.41) is -0.217. The Morgan fingerprint density at radius 2 is 1.96 bits per heavy atom. The highest BCUT2D eigenvalue weighted by Crippen LogP contribution is 2.30. The van der Waals surface area contributed by atoms with Crippen LogP contribution in [0.2, 0.25) is 0 Å². The molecular formula is C17H27N3O3S. The average Bonchev–Trinajstić information content (AvgIpc) is 2.62. The van der Waals surface area contributed by atoms with E-state index in [4.69, 9.17) is 4.74 Å². The summed E-state index contributed by atoms with van der Waals surface area (Å²) in [4.78, 5) is 6.54. The number of nitrogens with zero attached hydrogens (tertiary/aromatic N) is 3. The summed E-state index contributed by atoms with van der Waals surface area (Å²) < 4.78 is 33.3. The van der Waals surface area contributed by atoms with E-state index in [0.717, 1.165) is 43.6 Å². The summed E-state index contributed by atoms with van der Waals surface area (Å²) in [6.45, 7) is 1.23. The summed E-state index contributed by atoms with van der Waals surface area (Å²) >= 11 is 0. The topological polar surface area (TPSA) is 62.7 Å². The molecule has 1 saturated carbocycles. The highest BCUT2D eigenvalue weighted by atomic mass is 32.2. The summed E-state index contributed by atoms with van der Waals surface area (Å²) in [5.41, 5.74) is 0.796. The molecule has 0 amide bonds. The third-order valence-electron chi connectivity index (χ3n) is 4.91. The van der Waals surface area contributed by atoms with Crippen molar-refractivity contribution in [2.75, 3.05) is 38.7 Å². The monoisotopic (exact) mass is 353 g/mol. The number of anilines is 1. The fourth-order valence-corrected chi connectivity index (χ4v) is 5.50. The molecule has 1 atom stereocenters. The molecule has 24 heavy (non-hydrogen) atoms. The van der Waals surface area contributed by atoms with Gasteiger partial charge in [0.15, 0.2) is 0 Å². The molecule has 1 aromatic rings. The van der Waals surface area contributed by atoms with Gasteiger partial charge in [-0.15, -0.1) is 0 Å². The first kappa shape index (κ1) is 17.6. The zero-order valence-corrected chi connectivity index (χ0v) is 15.3. The molecule has 1 saturated heterocycles. The van der Waals surface area contributed by atoms with Crippen LogP contribution in [0.15, 0.2) is 18.2 Å². The van der Waals surface area contributed by atoms with Crippen LogP contribution in [-0.4, -0.2) is 56.7 Å². The van der Waals surface area contributed by atoms with E-state index < -0.39 is 10.0 Å². The van der Waals surface area contributed by atoms with Gasteiger partial charge in [0.1, 0.15) is 11.9 Å². The van der Waals surface area contributed by atoms with Crippen LogP contribution in [0.3, 0.4) is 0 Å². The molecule has 0 spiro atoms. The Labute approximate surface area is 144 Å². The molecule has 0 aromatic carbocycles. The first-order chi connectivity index (χ1) is 11.5. The van der Waals surface area contributed by atoms with Gasteiger partial charge in [-0.3, -0.25) is 0 Å². The molecule has 0 radical (unpaired) electrons. The van der Waals surface area contributed by atoms with Crippen LogP contribution in [0.25, 0.3) is 0 Å². The lowest BCUT2D eigenvalue weighted by atomic mass is 10.0. The summed E-state index contributed by atoms with van der Waals surface area (Å²) in [6.07, 6.45) is 4.47. The number of morpholine rings is 1. The molecule has 6 nitrogen and oxygen atoms in total. The van der Waals surface area contributed by atoms with Crippen molar-refractivity contribution >= 4 is 15.8 Å². The van der Waals surface area contributed by atoms with Crippen molar-refractivity contribution in [3.63, 3.8) is 0 Å². The average molecular weight is 353 g/mol. The second-order valence-electron chi connectivity index (χ2n) is 6.84. The first-order valence-corrected chi connectivity index (χ1v) is 10.2. The third-order valence-corrected chi connectivity index (χ3v) is 7.27. The van der Waals surface area contributed by atoms with Crippen molar-refractivity contribution in [3.05, 3.63) is 23.9 Å². The SMILES string of the molecule is CN(C)c1cccc([C@@H]2CN(S(=O)(=O)C3CCCCC3)CCO2)n1. The lowest BCUT2D eigenvalue weighted by molar-refractivity contribution is -0.00527. The van der Waals surface area contributed by atoms with Crippen LogP contribution in [0, 0.1) is 0 Å². The second-order valence-corrected chi connectivity index (χ2v) is 9.05. The smallest absolute Gasteiger partial charge is 0.217 e. The van der Waals surface area contributed by atoms with Crippen molar-refractivity contribution in [1.29, 1.82) is 0 Å². The summed E-state index contributed by atoms with van der Waals surface area (Å²) in [6, 6.07) is 5.78. The Morgan fingerprint density at radius 1 is 1.21 bits per heavy atom. The van der Waals surface area contributed by atoms with Crippen LogP contribution in [0.1, 0.15) is 43.9 Å². The predicted molar refractivity (Wildman–Crippen MR) is 94.6 cm³/mol. The van der Waals surface area contributed by atoms with Crippen LogP contribution in [0.5, 0.6) is 0 Å². The van der Waals surface area contributed by atoms with E-state index in [1.54, 1.807) is 4.31 Å². The normalized spacial score (nSPS) is 24.0. The van der Waals surface area contributed by atoms with E-state index in [2.05, 4.69) is 4.98 Å². The zero-order chi connectivity index (χ0) is 17.2. The van der Waals surface area contributed by atoms with E-state index in [1.807, 2.05) is 37.2 Å². The van der Waals surface area contributed by atoms with E-state index >= 15 is 0 Å². The van der Waals surface area contributed by atoms with Gasteiger partial charge in [0, 0.05) is 27.2 Å². The van der Waals surface area contributed by atoms with Crippen molar-refractivity contribution in [2.24, 2.45) is 0 Å². The van der Waals surface area contributed by atoms with Gasteiger partial charge in [-0.25, -0.2) is 13.4 Å². The van der Waals surface area contributed by atoms with E-state index in [0.29, 0.717) is 19.7 Å². The Bertz CT molecular complexity index is 657. The molecule has 2 fully saturated rings. The Balaban J connectivity index is 1.75. The molecule has 0 bridgehead atoms. The Kier molecular flexibility index (Phi) is 5.42. The molecule has 1 aromatic heterocycles. The predicted octanol–water partition coefficient (Wildman–Crippen LogP) is 2.18. The number of rotatable bonds is 4. The van der Waals surface area contributed by atoms with Crippen LogP contribution in [-0.2, 0) is 14.8 Å². The van der Waals surface area contributed by atoms with Gasteiger partial charge in [-0.2, -0.15) is 4.31 Å². The number of ether oxygens (including phenoxy) is 1. The molecule has 1 aliphatic heterocycles. The lowest BCUT2D eigenvalue weighted by Gasteiger charge is -2.35. The first-order valence-electron chi connectivity index (χ1n) is 8.73. The second kappa shape index (κ2) is 7.37. The maximum absolute atomic E-state index is 12.9. The standard InChI is InChI=1S/C17H27N3O3S/c1-19(2)17-10-6-9-15(18-17)16-13-20(11-12-23-16)24(21,22)14-7-4-3-5-8-14/h6,9-10,14,16H,3-5,7-8,11-13H2,1-2H3/t16-/m0/s1. The van der Waals surface area contributed by atoms with Gasteiger partial charge in [-0.1, -0.05) is 25.3 Å². The molecule has 2 heterocycles. The van der Waals surface area contributed by atoms with Crippen molar-refractivity contribution < 1.29 is 13.2 Å². The van der Waals surface area contributed by atoms with E-state index in [-0.39, 0.29) is 11.4 Å². The van der Waals surface area contributed by atoms with Crippen LogP contribution >= 0.6 is 0 Å². The van der Waals surface area contributed by atoms with Crippen molar-refractivity contribution in [2.45, 2.75) is 43.5 Å². The van der Waals surface area contributed by atoms with Gasteiger partial charge in [0.2, 0.25) is 10.0 Å². The molecule has 2 aliphatic rings. The Morgan fingerprint density at radius 3 is 2.67 bits per heavy atom. The third kappa shape index (κ3) is 3.73. The number of pyridine rings is 1. The molecule has 134 valence electrons. The minimum atomic E-state index is -3.24. The van der Waals surface area contributed by atoms with Crippen molar-refractivity contribution in [1.82, 2.24) is 9.29 Å². The maximum Gasteiger partial charge on any atom is 0.217 e. The summed E-state index contributed by atoms with van der Waals surface area (Å²) in [5.74, 6) is 0.850. The molecule has 0 N–H and O–H groups in total. The Hall–Kier alpha value is -1.18. The fraction of sp³-hybridized carbons (Fsp3) is 0.706. The van der Waals surface area contributed by atoms with Gasteiger partial charge < -0.3 is 9.64 Å². The van der Waals surface area contributed by atoms with Gasteiger partial charge in [0.25, 0.3) is 0 Å². The molecular weight excluding hydrogens is 326 g/mol. The number of sulfonamides is 1. The van der Waals surface area contributed by atoms with Crippen LogP contribution < -0.4 is 4.90 Å². The van der Waals surface area contributed by atoms with Gasteiger partial charge in [-0.05, 0) is 25.0 Å². The van der Waals surface area contributed by atoms with Crippen molar-refractivity contribution in [3.8, 4) is 0 Å². The highest BCUT2D eigenvalue weighted by Gasteiger charge is 2.36. The minimum absolute atomic E-state index is 0.217. The van der Waals surface area contributed by atoms with E-state index in [9.17, 15) is 8.42 Å². The maximum atomic E-state index is 12.9. The molecule has 3 rings (SSSR count). The number of aromatic nitrogens is 1. The highest BCUT2D eigenvalue weighted by molar-refractivity contribution is 7.89. The zero-order valence-electron chi connectivity index (χ0n) is 14.5.